The molecule has 0 N–H and O–H groups in total. The number of benzene rings is 2. The lowest BCUT2D eigenvalue weighted by molar-refractivity contribution is 0.298. The summed E-state index contributed by atoms with van der Waals surface area (Å²) in [6.07, 6.45) is 0. The van der Waals surface area contributed by atoms with Gasteiger partial charge < -0.3 is 4.74 Å². The molecule has 0 aliphatic rings. The Labute approximate surface area is 121 Å². The number of hydrogen-bond acceptors (Lipinski definition) is 1. The first kappa shape index (κ1) is 14.4. The summed E-state index contributed by atoms with van der Waals surface area (Å²) in [5, 5.41) is 0. The van der Waals surface area contributed by atoms with Crippen molar-refractivity contribution in [1.82, 2.24) is 0 Å². The third-order valence-corrected chi connectivity index (χ3v) is 2.71. The Balaban J connectivity index is 2.14. The highest BCUT2D eigenvalue weighted by atomic mass is 35.5. The van der Waals surface area contributed by atoms with Crippen molar-refractivity contribution in [3.63, 3.8) is 0 Å². The van der Waals surface area contributed by atoms with E-state index in [1.807, 2.05) is 6.07 Å². The zero-order valence-electron chi connectivity index (χ0n) is 10.5. The van der Waals surface area contributed by atoms with Crippen LogP contribution in [0, 0.1) is 23.5 Å². The molecule has 4 heteroatoms. The highest BCUT2D eigenvalue weighted by Crippen LogP contribution is 2.19. The van der Waals surface area contributed by atoms with Crippen molar-refractivity contribution in [1.29, 1.82) is 0 Å². The van der Waals surface area contributed by atoms with Gasteiger partial charge >= 0.3 is 0 Å². The van der Waals surface area contributed by atoms with Crippen LogP contribution in [0.1, 0.15) is 11.1 Å². The highest BCUT2D eigenvalue weighted by Gasteiger charge is 2.06. The Morgan fingerprint density at radius 3 is 2.65 bits per heavy atom. The van der Waals surface area contributed by atoms with Crippen LogP contribution in [0.5, 0.6) is 5.75 Å². The number of hydrogen-bond donors (Lipinski definition) is 0. The average molecular weight is 293 g/mol. The Morgan fingerprint density at radius 1 is 1.10 bits per heavy atom. The van der Waals surface area contributed by atoms with Gasteiger partial charge in [0.15, 0.2) is 0 Å². The first-order chi connectivity index (χ1) is 9.70. The predicted octanol–water partition coefficient (Wildman–Crippen LogP) is 4.13. The lowest BCUT2D eigenvalue weighted by Crippen LogP contribution is -2.00. The van der Waals surface area contributed by atoms with E-state index in [1.54, 1.807) is 18.2 Å². The predicted molar refractivity (Wildman–Crippen MR) is 74.7 cm³/mol. The summed E-state index contributed by atoms with van der Waals surface area (Å²) in [7, 11) is 0. The summed E-state index contributed by atoms with van der Waals surface area (Å²) in [4.78, 5) is 0. The molecular formula is C16H11ClF2O. The lowest BCUT2D eigenvalue weighted by Gasteiger charge is -2.09. The molecule has 0 aliphatic heterocycles. The van der Waals surface area contributed by atoms with Crippen LogP contribution in [0.2, 0.25) is 0 Å². The van der Waals surface area contributed by atoms with E-state index in [0.717, 1.165) is 6.07 Å². The highest BCUT2D eigenvalue weighted by molar-refractivity contribution is 6.19. The van der Waals surface area contributed by atoms with Crippen LogP contribution in [0.15, 0.2) is 42.5 Å². The molecule has 102 valence electrons. The lowest BCUT2D eigenvalue weighted by atomic mass is 10.2. The molecule has 0 atom stereocenters. The first-order valence-corrected chi connectivity index (χ1v) is 6.45. The number of rotatable bonds is 3. The second-order valence-corrected chi connectivity index (χ2v) is 4.22. The van der Waals surface area contributed by atoms with Gasteiger partial charge in [-0.05, 0) is 24.3 Å². The summed E-state index contributed by atoms with van der Waals surface area (Å²) in [6, 6.07) is 10.5. The number of ether oxygens (including phenoxy) is 1. The fourth-order valence-electron chi connectivity index (χ4n) is 1.62. The SMILES string of the molecule is Fc1ccc(COc2ccccc2C#CCCl)c(F)c1. The molecule has 0 saturated heterocycles. The van der Waals surface area contributed by atoms with Gasteiger partial charge in [-0.2, -0.15) is 0 Å². The van der Waals surface area contributed by atoms with E-state index in [2.05, 4.69) is 11.8 Å². The molecule has 2 aromatic carbocycles. The summed E-state index contributed by atoms with van der Waals surface area (Å²) in [5.74, 6) is 5.11. The maximum absolute atomic E-state index is 13.5. The molecule has 0 aliphatic carbocycles. The first-order valence-electron chi connectivity index (χ1n) is 5.91. The standard InChI is InChI=1S/C16H11ClF2O/c17-9-3-5-12-4-1-2-6-16(12)20-11-13-7-8-14(18)10-15(13)19/h1-2,4,6-8,10H,9,11H2. The van der Waals surface area contributed by atoms with Crippen molar-refractivity contribution >= 4 is 11.6 Å². The molecule has 1 nitrogen and oxygen atoms in total. The Morgan fingerprint density at radius 2 is 1.90 bits per heavy atom. The van der Waals surface area contributed by atoms with E-state index >= 15 is 0 Å². The molecule has 0 unspecified atom stereocenters. The van der Waals surface area contributed by atoms with Crippen LogP contribution in [-0.2, 0) is 6.61 Å². The number of para-hydroxylation sites is 1. The molecule has 0 fully saturated rings. The second-order valence-electron chi connectivity index (χ2n) is 3.96. The minimum atomic E-state index is -0.630. The van der Waals surface area contributed by atoms with Crippen LogP contribution in [0.3, 0.4) is 0 Å². The van der Waals surface area contributed by atoms with E-state index in [9.17, 15) is 8.78 Å². The third kappa shape index (κ3) is 3.72. The molecule has 2 aromatic rings. The largest absolute Gasteiger partial charge is 0.487 e. The molecule has 0 spiro atoms. The molecule has 0 saturated carbocycles. The van der Waals surface area contributed by atoms with Crippen LogP contribution < -0.4 is 4.74 Å². The van der Waals surface area contributed by atoms with E-state index in [0.29, 0.717) is 11.3 Å². The second kappa shape index (κ2) is 6.93. The van der Waals surface area contributed by atoms with Crippen LogP contribution in [0.25, 0.3) is 0 Å². The van der Waals surface area contributed by atoms with Crippen molar-refractivity contribution in [2.75, 3.05) is 5.88 Å². The van der Waals surface area contributed by atoms with Gasteiger partial charge in [0.2, 0.25) is 0 Å². The van der Waals surface area contributed by atoms with E-state index in [4.69, 9.17) is 16.3 Å². The van der Waals surface area contributed by atoms with Gasteiger partial charge in [0, 0.05) is 11.6 Å². The molecule has 0 bridgehead atoms. The Hall–Kier alpha value is -2.05. The Bertz CT molecular complexity index is 659. The smallest absolute Gasteiger partial charge is 0.135 e. The summed E-state index contributed by atoms with van der Waals surface area (Å²) >= 11 is 5.51. The van der Waals surface area contributed by atoms with Gasteiger partial charge in [-0.15, -0.1) is 11.6 Å². The summed E-state index contributed by atoms with van der Waals surface area (Å²) in [6.45, 7) is 0.00564. The molecular weight excluding hydrogens is 282 g/mol. The van der Waals surface area contributed by atoms with Crippen molar-refractivity contribution in [2.24, 2.45) is 0 Å². The van der Waals surface area contributed by atoms with Gasteiger partial charge in [-0.3, -0.25) is 0 Å². The van der Waals surface area contributed by atoms with Crippen LogP contribution in [0.4, 0.5) is 8.78 Å². The van der Waals surface area contributed by atoms with Crippen molar-refractivity contribution in [3.8, 4) is 17.6 Å². The fourth-order valence-corrected chi connectivity index (χ4v) is 1.69. The minimum Gasteiger partial charge on any atom is -0.487 e. The van der Waals surface area contributed by atoms with Crippen molar-refractivity contribution in [2.45, 2.75) is 6.61 Å². The maximum Gasteiger partial charge on any atom is 0.135 e. The zero-order chi connectivity index (χ0) is 14.4. The van der Waals surface area contributed by atoms with Crippen LogP contribution >= 0.6 is 11.6 Å². The van der Waals surface area contributed by atoms with Crippen LogP contribution in [-0.4, -0.2) is 5.88 Å². The normalized spacial score (nSPS) is 9.75. The van der Waals surface area contributed by atoms with E-state index < -0.39 is 11.6 Å². The molecule has 0 amide bonds. The van der Waals surface area contributed by atoms with Gasteiger partial charge in [0.25, 0.3) is 0 Å². The number of alkyl halides is 1. The third-order valence-electron chi connectivity index (χ3n) is 2.58. The molecule has 0 radical (unpaired) electrons. The number of halogens is 3. The summed E-state index contributed by atoms with van der Waals surface area (Å²) < 4.78 is 31.8. The zero-order valence-corrected chi connectivity index (χ0v) is 11.3. The van der Waals surface area contributed by atoms with Gasteiger partial charge in [0.05, 0.1) is 11.4 Å². The van der Waals surface area contributed by atoms with E-state index in [-0.39, 0.29) is 18.1 Å². The Kier molecular flexibility index (Phi) is 4.97. The molecule has 0 heterocycles. The topological polar surface area (TPSA) is 9.23 Å². The average Bonchev–Trinajstić information content (AvgIpc) is 2.45. The fraction of sp³-hybridized carbons (Fsp3) is 0.125. The van der Waals surface area contributed by atoms with Gasteiger partial charge in [0.1, 0.15) is 24.0 Å². The van der Waals surface area contributed by atoms with Crippen molar-refractivity contribution < 1.29 is 13.5 Å². The molecule has 20 heavy (non-hydrogen) atoms. The van der Waals surface area contributed by atoms with Gasteiger partial charge in [-0.25, -0.2) is 8.78 Å². The minimum absolute atomic E-state index is 0.00564. The molecule has 0 aromatic heterocycles. The summed E-state index contributed by atoms with van der Waals surface area (Å²) in [5.41, 5.74) is 0.960. The molecule has 2 rings (SSSR count). The van der Waals surface area contributed by atoms with Crippen molar-refractivity contribution in [3.05, 3.63) is 65.2 Å². The maximum atomic E-state index is 13.5. The van der Waals surface area contributed by atoms with Gasteiger partial charge in [-0.1, -0.05) is 24.0 Å². The monoisotopic (exact) mass is 292 g/mol. The quantitative estimate of drug-likeness (QED) is 0.610. The van der Waals surface area contributed by atoms with E-state index in [1.165, 1.54) is 12.1 Å².